The lowest BCUT2D eigenvalue weighted by Gasteiger charge is -2.04. The molecule has 0 bridgehead atoms. The molecule has 1 amide bonds. The van der Waals surface area contributed by atoms with E-state index in [1.807, 2.05) is 31.2 Å². The van der Waals surface area contributed by atoms with Gasteiger partial charge in [-0.1, -0.05) is 29.8 Å². The van der Waals surface area contributed by atoms with Gasteiger partial charge in [0.25, 0.3) is 0 Å². The fraction of sp³-hybridized carbons (Fsp3) is 0.211. The lowest BCUT2D eigenvalue weighted by molar-refractivity contribution is -0.142. The van der Waals surface area contributed by atoms with E-state index in [1.165, 1.54) is 13.3 Å². The quantitative estimate of drug-likeness (QED) is 0.476. The van der Waals surface area contributed by atoms with Crippen LogP contribution in [-0.4, -0.2) is 31.8 Å². The third-order valence-electron chi connectivity index (χ3n) is 3.35. The monoisotopic (exact) mass is 340 g/mol. The molecule has 0 saturated carbocycles. The highest BCUT2D eigenvalue weighted by molar-refractivity contribution is 5.83. The minimum atomic E-state index is -0.443. The standard InChI is InChI=1S/C19H20N2O4/c1-14-3-5-15(6-4-14)11-18(22)21-20-12-16-7-9-17(10-8-16)25-13-19(23)24-2/h3-10,12H,11,13H2,1-2H3,(H,21,22)/b20-12+. The largest absolute Gasteiger partial charge is 0.482 e. The average molecular weight is 340 g/mol. The first-order chi connectivity index (χ1) is 12.1. The Kier molecular flexibility index (Phi) is 6.71. The highest BCUT2D eigenvalue weighted by atomic mass is 16.6. The second-order valence-electron chi connectivity index (χ2n) is 5.39. The number of hydrogen-bond acceptors (Lipinski definition) is 5. The molecule has 6 nitrogen and oxygen atoms in total. The summed E-state index contributed by atoms with van der Waals surface area (Å²) in [6.07, 6.45) is 1.81. The molecule has 0 fully saturated rings. The van der Waals surface area contributed by atoms with Crippen molar-refractivity contribution in [3.05, 3.63) is 65.2 Å². The minimum Gasteiger partial charge on any atom is -0.482 e. The average Bonchev–Trinajstić information content (AvgIpc) is 2.62. The Morgan fingerprint density at radius 1 is 1.08 bits per heavy atom. The number of hydrogen-bond donors (Lipinski definition) is 1. The molecule has 0 unspecified atom stereocenters. The zero-order chi connectivity index (χ0) is 18.1. The van der Waals surface area contributed by atoms with Gasteiger partial charge < -0.3 is 9.47 Å². The number of nitrogens with one attached hydrogen (secondary N) is 1. The normalized spacial score (nSPS) is 10.5. The second-order valence-corrected chi connectivity index (χ2v) is 5.39. The molecule has 25 heavy (non-hydrogen) atoms. The summed E-state index contributed by atoms with van der Waals surface area (Å²) in [5.41, 5.74) is 5.38. The van der Waals surface area contributed by atoms with E-state index in [4.69, 9.17) is 4.74 Å². The lowest BCUT2D eigenvalue weighted by Crippen LogP contribution is -2.19. The molecular formula is C19H20N2O4. The van der Waals surface area contributed by atoms with Crippen molar-refractivity contribution >= 4 is 18.1 Å². The summed E-state index contributed by atoms with van der Waals surface area (Å²) in [7, 11) is 1.30. The van der Waals surface area contributed by atoms with E-state index in [0.717, 1.165) is 16.7 Å². The van der Waals surface area contributed by atoms with E-state index in [0.29, 0.717) is 5.75 Å². The lowest BCUT2D eigenvalue weighted by atomic mass is 10.1. The first-order valence-electron chi connectivity index (χ1n) is 7.74. The summed E-state index contributed by atoms with van der Waals surface area (Å²) in [4.78, 5) is 22.8. The summed E-state index contributed by atoms with van der Waals surface area (Å²) < 4.78 is 9.74. The zero-order valence-corrected chi connectivity index (χ0v) is 14.2. The molecule has 2 aromatic rings. The van der Waals surface area contributed by atoms with Crippen LogP contribution >= 0.6 is 0 Å². The number of esters is 1. The van der Waals surface area contributed by atoms with Crippen LogP contribution in [0.3, 0.4) is 0 Å². The van der Waals surface area contributed by atoms with Crippen LogP contribution in [0, 0.1) is 6.92 Å². The fourth-order valence-electron chi connectivity index (χ4n) is 1.96. The highest BCUT2D eigenvalue weighted by Crippen LogP contribution is 2.11. The maximum absolute atomic E-state index is 11.8. The zero-order valence-electron chi connectivity index (χ0n) is 14.2. The molecule has 0 radical (unpaired) electrons. The van der Waals surface area contributed by atoms with Crippen LogP contribution in [-0.2, 0) is 20.7 Å². The Balaban J connectivity index is 1.80. The fourth-order valence-corrected chi connectivity index (χ4v) is 1.96. The molecule has 1 N–H and O–H groups in total. The Labute approximate surface area is 146 Å². The third-order valence-corrected chi connectivity index (χ3v) is 3.35. The summed E-state index contributed by atoms with van der Waals surface area (Å²) in [6, 6.07) is 14.7. The number of aryl methyl sites for hydroxylation is 1. The highest BCUT2D eigenvalue weighted by Gasteiger charge is 2.02. The molecule has 2 rings (SSSR count). The van der Waals surface area contributed by atoms with Gasteiger partial charge in [0, 0.05) is 0 Å². The SMILES string of the molecule is COC(=O)COc1ccc(/C=N/NC(=O)Cc2ccc(C)cc2)cc1. The summed E-state index contributed by atoms with van der Waals surface area (Å²) in [5.74, 6) is -0.0778. The smallest absolute Gasteiger partial charge is 0.343 e. The van der Waals surface area contributed by atoms with Crippen molar-refractivity contribution < 1.29 is 19.1 Å². The van der Waals surface area contributed by atoms with Gasteiger partial charge in [-0.25, -0.2) is 10.2 Å². The number of carbonyl (C=O) groups is 2. The number of carbonyl (C=O) groups excluding carboxylic acids is 2. The molecule has 0 heterocycles. The van der Waals surface area contributed by atoms with Crippen molar-refractivity contribution in [1.82, 2.24) is 5.43 Å². The van der Waals surface area contributed by atoms with Crippen molar-refractivity contribution in [2.45, 2.75) is 13.3 Å². The molecular weight excluding hydrogens is 320 g/mol. The van der Waals surface area contributed by atoms with E-state index in [1.54, 1.807) is 24.3 Å². The maximum Gasteiger partial charge on any atom is 0.343 e. The van der Waals surface area contributed by atoms with Crippen molar-refractivity contribution in [1.29, 1.82) is 0 Å². The summed E-state index contributed by atoms with van der Waals surface area (Å²) >= 11 is 0. The molecule has 0 atom stereocenters. The second kappa shape index (κ2) is 9.22. The molecule has 0 aliphatic heterocycles. The number of nitrogens with zero attached hydrogens (tertiary/aromatic N) is 1. The van der Waals surface area contributed by atoms with E-state index < -0.39 is 5.97 Å². The van der Waals surface area contributed by atoms with E-state index in [9.17, 15) is 9.59 Å². The van der Waals surface area contributed by atoms with Crippen LogP contribution < -0.4 is 10.2 Å². The number of ether oxygens (including phenoxy) is 2. The first kappa shape index (κ1) is 18.2. The Bertz CT molecular complexity index is 737. The molecule has 6 heteroatoms. The van der Waals surface area contributed by atoms with E-state index >= 15 is 0 Å². The predicted molar refractivity (Wildman–Crippen MR) is 94.6 cm³/mol. The van der Waals surface area contributed by atoms with Gasteiger partial charge in [0.05, 0.1) is 19.7 Å². The number of rotatable bonds is 7. The molecule has 0 spiro atoms. The van der Waals surface area contributed by atoms with E-state index in [-0.39, 0.29) is 18.9 Å². The van der Waals surface area contributed by atoms with Crippen LogP contribution in [0.15, 0.2) is 53.6 Å². The number of amides is 1. The van der Waals surface area contributed by atoms with Crippen LogP contribution in [0.1, 0.15) is 16.7 Å². The molecule has 2 aromatic carbocycles. The minimum absolute atomic E-state index is 0.140. The van der Waals surface area contributed by atoms with Gasteiger partial charge in [-0.15, -0.1) is 0 Å². The van der Waals surface area contributed by atoms with Crippen molar-refractivity contribution in [2.75, 3.05) is 13.7 Å². The van der Waals surface area contributed by atoms with Gasteiger partial charge in [-0.05, 0) is 42.3 Å². The van der Waals surface area contributed by atoms with Crippen molar-refractivity contribution in [2.24, 2.45) is 5.10 Å². The number of methoxy groups -OCH3 is 1. The Hall–Kier alpha value is -3.15. The summed E-state index contributed by atoms with van der Waals surface area (Å²) in [6.45, 7) is 1.86. The molecule has 0 saturated heterocycles. The van der Waals surface area contributed by atoms with E-state index in [2.05, 4.69) is 15.3 Å². The maximum atomic E-state index is 11.8. The summed E-state index contributed by atoms with van der Waals surface area (Å²) in [5, 5.41) is 3.93. The van der Waals surface area contributed by atoms with Crippen molar-refractivity contribution in [3.63, 3.8) is 0 Å². The molecule has 0 aliphatic rings. The van der Waals surface area contributed by atoms with Crippen LogP contribution in [0.5, 0.6) is 5.75 Å². The van der Waals surface area contributed by atoms with Crippen LogP contribution in [0.4, 0.5) is 0 Å². The Morgan fingerprint density at radius 2 is 1.76 bits per heavy atom. The van der Waals surface area contributed by atoms with Gasteiger partial charge >= 0.3 is 5.97 Å². The number of hydrazone groups is 1. The first-order valence-corrected chi connectivity index (χ1v) is 7.74. The Morgan fingerprint density at radius 3 is 2.40 bits per heavy atom. The van der Waals surface area contributed by atoms with Gasteiger partial charge in [-0.2, -0.15) is 5.10 Å². The molecule has 0 aromatic heterocycles. The molecule has 0 aliphatic carbocycles. The van der Waals surface area contributed by atoms with Crippen LogP contribution in [0.2, 0.25) is 0 Å². The van der Waals surface area contributed by atoms with Gasteiger partial charge in [0.15, 0.2) is 6.61 Å². The van der Waals surface area contributed by atoms with Gasteiger partial charge in [0.2, 0.25) is 5.91 Å². The topological polar surface area (TPSA) is 77.0 Å². The van der Waals surface area contributed by atoms with Crippen LogP contribution in [0.25, 0.3) is 0 Å². The predicted octanol–water partition coefficient (Wildman–Crippen LogP) is 2.24. The van der Waals surface area contributed by atoms with Gasteiger partial charge in [-0.3, -0.25) is 4.79 Å². The number of benzene rings is 2. The van der Waals surface area contributed by atoms with Gasteiger partial charge in [0.1, 0.15) is 5.75 Å². The van der Waals surface area contributed by atoms with Crippen molar-refractivity contribution in [3.8, 4) is 5.75 Å². The third kappa shape index (κ3) is 6.47. The molecule has 130 valence electrons.